The van der Waals surface area contributed by atoms with Crippen LogP contribution in [0.3, 0.4) is 0 Å². The minimum Gasteiger partial charge on any atom is -0.403 e. The average Bonchev–Trinajstić information content (AvgIpc) is 2.71. The Morgan fingerprint density at radius 3 is 2.17 bits per heavy atom. The Labute approximate surface area is 145 Å². The zero-order valence-corrected chi connectivity index (χ0v) is 15.4. The lowest BCUT2D eigenvalue weighted by molar-refractivity contribution is -0.0298. The van der Waals surface area contributed by atoms with E-state index in [1.807, 2.05) is 4.90 Å². The fraction of sp³-hybridized carbons (Fsp3) is 0.941. The van der Waals surface area contributed by atoms with Crippen LogP contribution >= 0.6 is 0 Å². The molecule has 2 N–H and O–H groups in total. The molecule has 2 amide bonds. The molecule has 2 heterocycles. The third-order valence-electron chi connectivity index (χ3n) is 6.34. The number of aliphatic hydroxyl groups is 1. The predicted molar refractivity (Wildman–Crippen MR) is 92.8 cm³/mol. The summed E-state index contributed by atoms with van der Waals surface area (Å²) in [7, 11) is -0.184. The van der Waals surface area contributed by atoms with Crippen molar-refractivity contribution in [3.8, 4) is 0 Å². The van der Waals surface area contributed by atoms with E-state index in [0.717, 1.165) is 32.1 Å². The first-order chi connectivity index (χ1) is 11.1. The number of hydrogen-bond donors (Lipinski definition) is 2. The van der Waals surface area contributed by atoms with Crippen LogP contribution in [0.2, 0.25) is 5.82 Å². The number of rotatable bonds is 3. The first-order valence-electron chi connectivity index (χ1n) is 9.23. The van der Waals surface area contributed by atoms with Gasteiger partial charge in [-0.15, -0.1) is 0 Å². The van der Waals surface area contributed by atoms with Crippen molar-refractivity contribution in [2.75, 3.05) is 19.6 Å². The molecule has 0 unspecified atom stereocenters. The predicted octanol–water partition coefficient (Wildman–Crippen LogP) is 2.17. The number of hydrogen-bond acceptors (Lipinski definition) is 4. The van der Waals surface area contributed by atoms with Crippen molar-refractivity contribution in [1.29, 1.82) is 0 Å². The normalized spacial score (nSPS) is 28.5. The number of urea groups is 1. The Balaban J connectivity index is 1.45. The molecule has 6 nitrogen and oxygen atoms in total. The van der Waals surface area contributed by atoms with Gasteiger partial charge in [-0.2, -0.15) is 0 Å². The van der Waals surface area contributed by atoms with Crippen LogP contribution in [-0.4, -0.2) is 59.6 Å². The van der Waals surface area contributed by atoms with Gasteiger partial charge in [0.15, 0.2) is 0 Å². The summed E-state index contributed by atoms with van der Waals surface area (Å²) in [5.41, 5.74) is -1.27. The first kappa shape index (κ1) is 18.0. The monoisotopic (exact) mass is 338 g/mol. The van der Waals surface area contributed by atoms with Gasteiger partial charge in [0, 0.05) is 19.6 Å². The van der Waals surface area contributed by atoms with Crippen molar-refractivity contribution in [3.63, 3.8) is 0 Å². The van der Waals surface area contributed by atoms with Crippen LogP contribution in [0, 0.1) is 0 Å². The summed E-state index contributed by atoms with van der Waals surface area (Å²) in [5, 5.41) is 13.0. The van der Waals surface area contributed by atoms with E-state index in [0.29, 0.717) is 25.5 Å². The van der Waals surface area contributed by atoms with E-state index >= 15 is 0 Å². The molecule has 0 aromatic carbocycles. The number of amides is 2. The molecule has 0 radical (unpaired) electrons. The summed E-state index contributed by atoms with van der Waals surface area (Å²) in [5.74, 6) is 0.325. The lowest BCUT2D eigenvalue weighted by atomic mass is 9.67. The van der Waals surface area contributed by atoms with Gasteiger partial charge in [0.05, 0.1) is 16.8 Å². The van der Waals surface area contributed by atoms with Crippen LogP contribution in [-0.2, 0) is 9.31 Å². The molecule has 0 spiro atoms. The van der Waals surface area contributed by atoms with Crippen molar-refractivity contribution < 1.29 is 19.2 Å². The fourth-order valence-electron chi connectivity index (χ4n) is 3.57. The molecule has 136 valence electrons. The molecule has 2 saturated heterocycles. The Hall–Kier alpha value is -0.785. The molecule has 2 aliphatic heterocycles. The summed E-state index contributed by atoms with van der Waals surface area (Å²) in [6.45, 7) is 10.1. The second kappa shape index (κ2) is 6.18. The van der Waals surface area contributed by atoms with E-state index in [1.54, 1.807) is 0 Å². The summed E-state index contributed by atoms with van der Waals surface area (Å²) in [6.07, 6.45) is 4.39. The summed E-state index contributed by atoms with van der Waals surface area (Å²) in [4.78, 5) is 14.1. The fourth-order valence-corrected chi connectivity index (χ4v) is 3.57. The highest BCUT2D eigenvalue weighted by Gasteiger charge is 2.54. The van der Waals surface area contributed by atoms with Crippen LogP contribution in [0.25, 0.3) is 0 Å². The smallest absolute Gasteiger partial charge is 0.403 e. The largest absolute Gasteiger partial charge is 0.461 e. The first-order valence-corrected chi connectivity index (χ1v) is 9.23. The molecular formula is C17H31BN2O4. The quantitative estimate of drug-likeness (QED) is 0.774. The Morgan fingerprint density at radius 1 is 1.17 bits per heavy atom. The van der Waals surface area contributed by atoms with E-state index in [-0.39, 0.29) is 24.4 Å². The summed E-state index contributed by atoms with van der Waals surface area (Å²) < 4.78 is 12.3. The number of nitrogens with one attached hydrogen (secondary N) is 1. The van der Waals surface area contributed by atoms with Gasteiger partial charge in [-0.05, 0) is 65.6 Å². The lowest BCUT2D eigenvalue weighted by Crippen LogP contribution is -2.52. The number of carbonyl (C=O) groups excluding carboxylic acids is 1. The van der Waals surface area contributed by atoms with Crippen molar-refractivity contribution in [1.82, 2.24) is 10.2 Å². The van der Waals surface area contributed by atoms with Gasteiger partial charge in [0.2, 0.25) is 0 Å². The molecular weight excluding hydrogens is 307 g/mol. The zero-order valence-electron chi connectivity index (χ0n) is 15.4. The Morgan fingerprint density at radius 2 is 1.71 bits per heavy atom. The Kier molecular flexibility index (Phi) is 4.64. The highest BCUT2D eigenvalue weighted by Crippen LogP contribution is 2.42. The highest BCUT2D eigenvalue weighted by molar-refractivity contribution is 6.47. The van der Waals surface area contributed by atoms with E-state index in [9.17, 15) is 9.90 Å². The average molecular weight is 338 g/mol. The van der Waals surface area contributed by atoms with E-state index in [4.69, 9.17) is 9.31 Å². The summed E-state index contributed by atoms with van der Waals surface area (Å²) in [6, 6.07) is -0.0670. The number of carbonyl (C=O) groups is 1. The van der Waals surface area contributed by atoms with Crippen molar-refractivity contribution >= 4 is 13.1 Å². The van der Waals surface area contributed by atoms with Crippen LogP contribution in [0.15, 0.2) is 0 Å². The lowest BCUT2D eigenvalue weighted by Gasteiger charge is -2.38. The SMILES string of the molecule is CC1(C)OB(C2CCN(C(=O)NCC3(O)CCC3)CC2)OC1(C)C. The second-order valence-corrected chi connectivity index (χ2v) is 8.69. The van der Waals surface area contributed by atoms with Crippen LogP contribution in [0.5, 0.6) is 0 Å². The highest BCUT2D eigenvalue weighted by atomic mass is 16.7. The van der Waals surface area contributed by atoms with Gasteiger partial charge in [-0.25, -0.2) is 4.79 Å². The molecule has 1 saturated carbocycles. The maximum Gasteiger partial charge on any atom is 0.461 e. The molecule has 3 fully saturated rings. The summed E-state index contributed by atoms with van der Waals surface area (Å²) >= 11 is 0. The molecule has 0 bridgehead atoms. The molecule has 3 aliphatic rings. The molecule has 3 rings (SSSR count). The second-order valence-electron chi connectivity index (χ2n) is 8.69. The third-order valence-corrected chi connectivity index (χ3v) is 6.34. The van der Waals surface area contributed by atoms with E-state index in [2.05, 4.69) is 33.0 Å². The van der Waals surface area contributed by atoms with Gasteiger partial charge >= 0.3 is 13.1 Å². The van der Waals surface area contributed by atoms with E-state index < -0.39 is 5.60 Å². The van der Waals surface area contributed by atoms with E-state index in [1.165, 1.54) is 0 Å². The molecule has 24 heavy (non-hydrogen) atoms. The minimum atomic E-state index is -0.670. The number of nitrogens with zero attached hydrogens (tertiary/aromatic N) is 1. The van der Waals surface area contributed by atoms with Gasteiger partial charge < -0.3 is 24.6 Å². The topological polar surface area (TPSA) is 71.0 Å². The Bertz CT molecular complexity index is 469. The molecule has 0 aromatic rings. The molecule has 0 atom stereocenters. The molecule has 7 heteroatoms. The van der Waals surface area contributed by atoms with Gasteiger partial charge in [-0.1, -0.05) is 0 Å². The number of piperidine rings is 1. The van der Waals surface area contributed by atoms with Crippen LogP contribution in [0.1, 0.15) is 59.8 Å². The zero-order chi connectivity index (χ0) is 17.6. The third kappa shape index (κ3) is 3.44. The van der Waals surface area contributed by atoms with Crippen molar-refractivity contribution in [3.05, 3.63) is 0 Å². The number of likely N-dealkylation sites (tertiary alicyclic amines) is 1. The standard InChI is InChI=1S/C17H31BN2O4/c1-15(2)16(3,4)24-18(23-15)13-6-10-20(11-7-13)14(21)19-12-17(22)8-5-9-17/h13,22H,5-12H2,1-4H3,(H,19,21). The van der Waals surface area contributed by atoms with Gasteiger partial charge in [-0.3, -0.25) is 0 Å². The van der Waals surface area contributed by atoms with Crippen molar-refractivity contribution in [2.45, 2.75) is 82.4 Å². The molecule has 1 aliphatic carbocycles. The van der Waals surface area contributed by atoms with Crippen LogP contribution < -0.4 is 5.32 Å². The van der Waals surface area contributed by atoms with Crippen molar-refractivity contribution in [2.24, 2.45) is 0 Å². The van der Waals surface area contributed by atoms with Crippen LogP contribution in [0.4, 0.5) is 4.79 Å². The van der Waals surface area contributed by atoms with Gasteiger partial charge in [0.25, 0.3) is 0 Å². The minimum absolute atomic E-state index is 0.0670. The maximum atomic E-state index is 12.3. The molecule has 0 aromatic heterocycles. The maximum absolute atomic E-state index is 12.3. The van der Waals surface area contributed by atoms with Gasteiger partial charge in [0.1, 0.15) is 0 Å².